The van der Waals surface area contributed by atoms with Gasteiger partial charge in [0.05, 0.1) is 7.11 Å². The zero-order valence-corrected chi connectivity index (χ0v) is 14.1. The van der Waals surface area contributed by atoms with Crippen molar-refractivity contribution in [3.8, 4) is 5.75 Å². The van der Waals surface area contributed by atoms with Crippen LogP contribution in [0.1, 0.15) is 23.6 Å². The molecule has 1 fully saturated rings. The SMILES string of the molecule is COc1ccc(C2CC(C(=O)NCc3ccccc3Cl)NN2)cc1. The van der Waals surface area contributed by atoms with E-state index in [1.165, 1.54) is 0 Å². The second kappa shape index (κ2) is 7.66. The Labute approximate surface area is 146 Å². The highest BCUT2D eigenvalue weighted by atomic mass is 35.5. The fraction of sp³-hybridized carbons (Fsp3) is 0.278. The predicted octanol–water partition coefficient (Wildman–Crippen LogP) is 2.57. The number of hydrogen-bond donors (Lipinski definition) is 3. The number of rotatable bonds is 5. The second-order valence-electron chi connectivity index (χ2n) is 5.71. The average Bonchev–Trinajstić information content (AvgIpc) is 3.11. The van der Waals surface area contributed by atoms with Crippen molar-refractivity contribution in [3.05, 3.63) is 64.7 Å². The van der Waals surface area contributed by atoms with Gasteiger partial charge in [-0.3, -0.25) is 4.79 Å². The molecule has 0 saturated carbocycles. The highest BCUT2D eigenvalue weighted by Crippen LogP contribution is 2.24. The molecule has 2 unspecified atom stereocenters. The van der Waals surface area contributed by atoms with E-state index in [0.29, 0.717) is 18.0 Å². The van der Waals surface area contributed by atoms with E-state index < -0.39 is 0 Å². The number of halogens is 1. The number of nitrogens with one attached hydrogen (secondary N) is 3. The first-order valence-corrected chi connectivity index (χ1v) is 8.21. The Morgan fingerprint density at radius 2 is 1.96 bits per heavy atom. The molecule has 1 aliphatic rings. The van der Waals surface area contributed by atoms with Crippen molar-refractivity contribution in [2.45, 2.75) is 25.0 Å². The van der Waals surface area contributed by atoms with Gasteiger partial charge in [-0.15, -0.1) is 0 Å². The molecule has 2 atom stereocenters. The van der Waals surface area contributed by atoms with Crippen LogP contribution in [0.3, 0.4) is 0 Å². The third-order valence-corrected chi connectivity index (χ3v) is 4.52. The smallest absolute Gasteiger partial charge is 0.238 e. The maximum atomic E-state index is 12.3. The molecular formula is C18H20ClN3O2. The van der Waals surface area contributed by atoms with Crippen molar-refractivity contribution in [3.63, 3.8) is 0 Å². The minimum atomic E-state index is -0.278. The summed E-state index contributed by atoms with van der Waals surface area (Å²) in [5.74, 6) is 0.775. The molecule has 0 radical (unpaired) electrons. The van der Waals surface area contributed by atoms with Gasteiger partial charge in [-0.2, -0.15) is 0 Å². The lowest BCUT2D eigenvalue weighted by Crippen LogP contribution is -2.42. The first kappa shape index (κ1) is 16.8. The van der Waals surface area contributed by atoms with Crippen molar-refractivity contribution in [1.82, 2.24) is 16.2 Å². The number of hydrogen-bond acceptors (Lipinski definition) is 4. The van der Waals surface area contributed by atoms with Gasteiger partial charge < -0.3 is 10.1 Å². The first-order valence-electron chi connectivity index (χ1n) is 7.83. The van der Waals surface area contributed by atoms with Crippen molar-refractivity contribution < 1.29 is 9.53 Å². The van der Waals surface area contributed by atoms with E-state index in [0.717, 1.165) is 16.9 Å². The minimum Gasteiger partial charge on any atom is -0.497 e. The molecule has 0 bridgehead atoms. The van der Waals surface area contributed by atoms with E-state index in [-0.39, 0.29) is 18.0 Å². The molecule has 2 aromatic rings. The van der Waals surface area contributed by atoms with E-state index >= 15 is 0 Å². The van der Waals surface area contributed by atoms with Crippen LogP contribution in [0.15, 0.2) is 48.5 Å². The van der Waals surface area contributed by atoms with Crippen molar-refractivity contribution in [2.24, 2.45) is 0 Å². The van der Waals surface area contributed by atoms with Crippen LogP contribution >= 0.6 is 11.6 Å². The average molecular weight is 346 g/mol. The second-order valence-corrected chi connectivity index (χ2v) is 6.12. The molecule has 1 heterocycles. The minimum absolute atomic E-state index is 0.0431. The topological polar surface area (TPSA) is 62.4 Å². The fourth-order valence-electron chi connectivity index (χ4n) is 2.73. The monoisotopic (exact) mass is 345 g/mol. The number of carbonyl (C=O) groups excluding carboxylic acids is 1. The van der Waals surface area contributed by atoms with E-state index in [1.807, 2.05) is 48.5 Å². The molecule has 126 valence electrons. The molecule has 0 aliphatic carbocycles. The molecule has 6 heteroatoms. The molecule has 0 aromatic heterocycles. The van der Waals surface area contributed by atoms with Gasteiger partial charge in [-0.25, -0.2) is 10.9 Å². The Balaban J connectivity index is 1.54. The van der Waals surface area contributed by atoms with Crippen LogP contribution in [0.25, 0.3) is 0 Å². The molecule has 24 heavy (non-hydrogen) atoms. The summed E-state index contributed by atoms with van der Waals surface area (Å²) in [6.07, 6.45) is 0.681. The van der Waals surface area contributed by atoms with Crippen molar-refractivity contribution >= 4 is 17.5 Å². The van der Waals surface area contributed by atoms with Gasteiger partial charge in [0, 0.05) is 17.6 Å². The predicted molar refractivity (Wildman–Crippen MR) is 93.7 cm³/mol. The third kappa shape index (κ3) is 3.87. The maximum Gasteiger partial charge on any atom is 0.238 e. The summed E-state index contributed by atoms with van der Waals surface area (Å²) in [7, 11) is 1.64. The lowest BCUT2D eigenvalue weighted by Gasteiger charge is -2.12. The number of methoxy groups -OCH3 is 1. The Morgan fingerprint density at radius 1 is 1.21 bits per heavy atom. The summed E-state index contributed by atoms with van der Waals surface area (Å²) in [4.78, 5) is 12.3. The molecule has 0 spiro atoms. The van der Waals surface area contributed by atoms with Crippen LogP contribution in [0.5, 0.6) is 5.75 Å². The quantitative estimate of drug-likeness (QED) is 0.779. The summed E-state index contributed by atoms with van der Waals surface area (Å²) in [6, 6.07) is 15.2. The summed E-state index contributed by atoms with van der Waals surface area (Å²) >= 11 is 6.11. The normalized spacial score (nSPS) is 19.9. The van der Waals surface area contributed by atoms with Crippen LogP contribution in [0.2, 0.25) is 5.02 Å². The number of carbonyl (C=O) groups is 1. The maximum absolute atomic E-state index is 12.3. The molecule has 3 N–H and O–H groups in total. The lowest BCUT2D eigenvalue weighted by atomic mass is 10.0. The van der Waals surface area contributed by atoms with Crippen LogP contribution in [0.4, 0.5) is 0 Å². The Hall–Kier alpha value is -2.08. The van der Waals surface area contributed by atoms with Gasteiger partial charge in [0.2, 0.25) is 5.91 Å². The highest BCUT2D eigenvalue weighted by molar-refractivity contribution is 6.31. The molecule has 3 rings (SSSR count). The summed E-state index contributed by atoms with van der Waals surface area (Å²) in [5, 5.41) is 3.58. The number of amides is 1. The highest BCUT2D eigenvalue weighted by Gasteiger charge is 2.29. The molecule has 1 saturated heterocycles. The third-order valence-electron chi connectivity index (χ3n) is 4.15. The van der Waals surface area contributed by atoms with E-state index in [1.54, 1.807) is 7.11 Å². The zero-order valence-electron chi connectivity index (χ0n) is 13.4. The Morgan fingerprint density at radius 3 is 2.67 bits per heavy atom. The molecular weight excluding hydrogens is 326 g/mol. The molecule has 1 amide bonds. The van der Waals surface area contributed by atoms with Crippen LogP contribution < -0.4 is 20.9 Å². The van der Waals surface area contributed by atoms with Crippen LogP contribution in [-0.4, -0.2) is 19.1 Å². The van der Waals surface area contributed by atoms with Crippen molar-refractivity contribution in [1.29, 1.82) is 0 Å². The van der Waals surface area contributed by atoms with Crippen LogP contribution in [-0.2, 0) is 11.3 Å². The first-order chi connectivity index (χ1) is 11.7. The molecule has 5 nitrogen and oxygen atoms in total. The van der Waals surface area contributed by atoms with Gasteiger partial charge in [0.25, 0.3) is 0 Å². The van der Waals surface area contributed by atoms with Crippen molar-refractivity contribution in [2.75, 3.05) is 7.11 Å². The lowest BCUT2D eigenvalue weighted by molar-refractivity contribution is -0.123. The number of hydrazine groups is 1. The van der Waals surface area contributed by atoms with E-state index in [4.69, 9.17) is 16.3 Å². The number of benzene rings is 2. The van der Waals surface area contributed by atoms with E-state index in [2.05, 4.69) is 16.2 Å². The summed E-state index contributed by atoms with van der Waals surface area (Å²) in [5.41, 5.74) is 8.25. The summed E-state index contributed by atoms with van der Waals surface area (Å²) in [6.45, 7) is 0.421. The zero-order chi connectivity index (χ0) is 16.9. The van der Waals surface area contributed by atoms with Gasteiger partial charge >= 0.3 is 0 Å². The number of ether oxygens (including phenoxy) is 1. The Bertz CT molecular complexity index is 706. The standard InChI is InChI=1S/C18H20ClN3O2/c1-24-14-8-6-12(7-9-14)16-10-17(22-21-16)18(23)20-11-13-4-2-3-5-15(13)19/h2-9,16-17,21-22H,10-11H2,1H3,(H,20,23). The molecule has 1 aliphatic heterocycles. The summed E-state index contributed by atoms with van der Waals surface area (Å²) < 4.78 is 5.16. The van der Waals surface area contributed by atoms with Gasteiger partial charge in [-0.1, -0.05) is 41.9 Å². The van der Waals surface area contributed by atoms with Gasteiger partial charge in [0.1, 0.15) is 11.8 Å². The van der Waals surface area contributed by atoms with Crippen LogP contribution in [0, 0.1) is 0 Å². The van der Waals surface area contributed by atoms with Gasteiger partial charge in [-0.05, 0) is 35.7 Å². The van der Waals surface area contributed by atoms with E-state index in [9.17, 15) is 4.79 Å². The fourth-order valence-corrected chi connectivity index (χ4v) is 2.93. The Kier molecular flexibility index (Phi) is 5.35. The van der Waals surface area contributed by atoms with Gasteiger partial charge in [0.15, 0.2) is 0 Å². The largest absolute Gasteiger partial charge is 0.497 e. The molecule has 2 aromatic carbocycles.